The Morgan fingerprint density at radius 2 is 1.77 bits per heavy atom. The summed E-state index contributed by atoms with van der Waals surface area (Å²) in [4.78, 5) is 14.0. The largest absolute Gasteiger partial charge is 0.380 e. The monoisotopic (exact) mass is 288 g/mol. The maximum Gasteiger partial charge on any atom is 0.258 e. The Morgan fingerprint density at radius 3 is 2.59 bits per heavy atom. The van der Waals surface area contributed by atoms with Crippen molar-refractivity contribution >= 4 is 28.1 Å². The number of carbonyl (C=O) groups excluding carboxylic acids is 1. The summed E-state index contributed by atoms with van der Waals surface area (Å²) in [6.07, 6.45) is 0. The van der Waals surface area contributed by atoms with Gasteiger partial charge in [-0.1, -0.05) is 42.5 Å². The van der Waals surface area contributed by atoms with Gasteiger partial charge in [-0.05, 0) is 23.8 Å². The summed E-state index contributed by atoms with van der Waals surface area (Å²) in [6, 6.07) is 20.3. The summed E-state index contributed by atoms with van der Waals surface area (Å²) >= 11 is 0. The molecule has 3 aromatic carbocycles. The number of carbonyl (C=O) groups is 1. The highest BCUT2D eigenvalue weighted by atomic mass is 16.2. The van der Waals surface area contributed by atoms with Gasteiger partial charge in [0.05, 0.1) is 5.69 Å². The molecule has 0 unspecified atom stereocenters. The van der Waals surface area contributed by atoms with Crippen molar-refractivity contribution in [1.29, 1.82) is 0 Å². The molecular formula is C19H16N2O. The van der Waals surface area contributed by atoms with E-state index in [0.29, 0.717) is 0 Å². The second-order valence-corrected chi connectivity index (χ2v) is 5.56. The molecule has 0 spiro atoms. The van der Waals surface area contributed by atoms with E-state index in [1.54, 1.807) is 4.90 Å². The van der Waals surface area contributed by atoms with Crippen molar-refractivity contribution in [3.8, 4) is 0 Å². The second kappa shape index (κ2) is 4.88. The third-order valence-electron chi connectivity index (χ3n) is 4.24. The van der Waals surface area contributed by atoms with Gasteiger partial charge in [0.1, 0.15) is 0 Å². The standard InChI is InChI=1S/C19H16N2O/c1-21-17-11-10-16(20-12-13-6-3-2-4-7-13)14-8-5-9-15(18(14)17)19(21)22/h2-11,20H,12H2,1H3. The normalized spacial score (nSPS) is 13.0. The first-order valence-electron chi connectivity index (χ1n) is 7.37. The number of hydrogen-bond donors (Lipinski definition) is 1. The number of anilines is 2. The van der Waals surface area contributed by atoms with Gasteiger partial charge >= 0.3 is 0 Å². The predicted molar refractivity (Wildman–Crippen MR) is 90.5 cm³/mol. The molecule has 3 aromatic rings. The third-order valence-corrected chi connectivity index (χ3v) is 4.24. The molecule has 108 valence electrons. The summed E-state index contributed by atoms with van der Waals surface area (Å²) in [5.74, 6) is 0.0702. The molecule has 0 saturated heterocycles. The second-order valence-electron chi connectivity index (χ2n) is 5.56. The van der Waals surface area contributed by atoms with E-state index in [-0.39, 0.29) is 5.91 Å². The van der Waals surface area contributed by atoms with Gasteiger partial charge in [0.25, 0.3) is 5.91 Å². The summed E-state index contributed by atoms with van der Waals surface area (Å²) in [5, 5.41) is 5.64. The molecule has 4 rings (SSSR count). The summed E-state index contributed by atoms with van der Waals surface area (Å²) in [6.45, 7) is 0.767. The van der Waals surface area contributed by atoms with Gasteiger partial charge in [-0.15, -0.1) is 0 Å². The summed E-state index contributed by atoms with van der Waals surface area (Å²) in [5.41, 5.74) is 4.07. The van der Waals surface area contributed by atoms with Crippen molar-refractivity contribution in [3.05, 3.63) is 71.8 Å². The minimum Gasteiger partial charge on any atom is -0.380 e. The van der Waals surface area contributed by atoms with Crippen LogP contribution in [0.1, 0.15) is 15.9 Å². The zero-order chi connectivity index (χ0) is 15.1. The number of rotatable bonds is 3. The molecule has 1 heterocycles. The highest BCUT2D eigenvalue weighted by Crippen LogP contribution is 2.39. The van der Waals surface area contributed by atoms with E-state index in [9.17, 15) is 4.79 Å². The molecule has 1 N–H and O–H groups in total. The molecule has 3 heteroatoms. The van der Waals surface area contributed by atoms with E-state index >= 15 is 0 Å². The Balaban J connectivity index is 1.76. The topological polar surface area (TPSA) is 32.3 Å². The first kappa shape index (κ1) is 12.9. The van der Waals surface area contributed by atoms with Crippen molar-refractivity contribution in [1.82, 2.24) is 0 Å². The SMILES string of the molecule is CN1C(=O)c2cccc3c(NCc4ccccc4)ccc1c23. The van der Waals surface area contributed by atoms with Gasteiger partial charge < -0.3 is 10.2 Å². The lowest BCUT2D eigenvalue weighted by Crippen LogP contribution is -2.20. The Labute approximate surface area is 129 Å². The number of nitrogens with zero attached hydrogens (tertiary/aromatic N) is 1. The highest BCUT2D eigenvalue weighted by molar-refractivity contribution is 6.26. The van der Waals surface area contributed by atoms with Crippen LogP contribution in [-0.4, -0.2) is 13.0 Å². The smallest absolute Gasteiger partial charge is 0.258 e. The predicted octanol–water partition coefficient (Wildman–Crippen LogP) is 4.04. The Hall–Kier alpha value is -2.81. The van der Waals surface area contributed by atoms with Crippen molar-refractivity contribution < 1.29 is 4.79 Å². The molecule has 0 saturated carbocycles. The minimum absolute atomic E-state index is 0.0702. The van der Waals surface area contributed by atoms with Gasteiger partial charge in [0.2, 0.25) is 0 Å². The number of hydrogen-bond acceptors (Lipinski definition) is 2. The number of amides is 1. The van der Waals surface area contributed by atoms with Crippen LogP contribution in [-0.2, 0) is 6.54 Å². The van der Waals surface area contributed by atoms with E-state index in [0.717, 1.165) is 34.3 Å². The summed E-state index contributed by atoms with van der Waals surface area (Å²) < 4.78 is 0. The van der Waals surface area contributed by atoms with E-state index in [1.165, 1.54) is 5.56 Å². The maximum atomic E-state index is 12.3. The fourth-order valence-electron chi connectivity index (χ4n) is 3.08. The maximum absolute atomic E-state index is 12.3. The quantitative estimate of drug-likeness (QED) is 0.789. The molecule has 0 atom stereocenters. The lowest BCUT2D eigenvalue weighted by atomic mass is 10.0. The molecule has 0 bridgehead atoms. The van der Waals surface area contributed by atoms with Crippen LogP contribution < -0.4 is 10.2 Å². The van der Waals surface area contributed by atoms with Crippen molar-refractivity contribution in [3.63, 3.8) is 0 Å². The third kappa shape index (κ3) is 1.86. The number of benzene rings is 3. The first-order valence-corrected chi connectivity index (χ1v) is 7.37. The van der Waals surface area contributed by atoms with Crippen molar-refractivity contribution in [2.24, 2.45) is 0 Å². The van der Waals surface area contributed by atoms with Crippen LogP contribution in [0.2, 0.25) is 0 Å². The Bertz CT molecular complexity index is 871. The first-order chi connectivity index (χ1) is 10.8. The van der Waals surface area contributed by atoms with Gasteiger partial charge in [-0.3, -0.25) is 4.79 Å². The van der Waals surface area contributed by atoms with Gasteiger partial charge in [-0.25, -0.2) is 0 Å². The van der Waals surface area contributed by atoms with Crippen LogP contribution in [0.5, 0.6) is 0 Å². The molecule has 0 aromatic heterocycles. The molecule has 22 heavy (non-hydrogen) atoms. The van der Waals surface area contributed by atoms with Crippen LogP contribution in [0.4, 0.5) is 11.4 Å². The Morgan fingerprint density at radius 1 is 0.955 bits per heavy atom. The van der Waals surface area contributed by atoms with Gasteiger partial charge in [-0.2, -0.15) is 0 Å². The average Bonchev–Trinajstić information content (AvgIpc) is 2.82. The van der Waals surface area contributed by atoms with Crippen LogP contribution in [0.3, 0.4) is 0 Å². The van der Waals surface area contributed by atoms with Crippen LogP contribution in [0.15, 0.2) is 60.7 Å². The molecule has 0 radical (unpaired) electrons. The fourth-order valence-corrected chi connectivity index (χ4v) is 3.08. The zero-order valence-corrected chi connectivity index (χ0v) is 12.3. The van der Waals surface area contributed by atoms with Crippen molar-refractivity contribution in [2.75, 3.05) is 17.3 Å². The fraction of sp³-hybridized carbons (Fsp3) is 0.105. The van der Waals surface area contributed by atoms with Crippen molar-refractivity contribution in [2.45, 2.75) is 6.54 Å². The lowest BCUT2D eigenvalue weighted by molar-refractivity contribution is 0.0999. The van der Waals surface area contributed by atoms with E-state index in [4.69, 9.17) is 0 Å². The number of nitrogens with one attached hydrogen (secondary N) is 1. The summed E-state index contributed by atoms with van der Waals surface area (Å²) in [7, 11) is 1.83. The molecule has 3 nitrogen and oxygen atoms in total. The molecule has 1 aliphatic heterocycles. The lowest BCUT2D eigenvalue weighted by Gasteiger charge is -2.13. The zero-order valence-electron chi connectivity index (χ0n) is 12.3. The molecule has 0 fully saturated rings. The molecular weight excluding hydrogens is 272 g/mol. The van der Waals surface area contributed by atoms with Gasteiger partial charge in [0.15, 0.2) is 0 Å². The highest BCUT2D eigenvalue weighted by Gasteiger charge is 2.27. The van der Waals surface area contributed by atoms with Crippen LogP contribution in [0, 0.1) is 0 Å². The van der Waals surface area contributed by atoms with Crippen LogP contribution in [0.25, 0.3) is 10.8 Å². The van der Waals surface area contributed by atoms with E-state index < -0.39 is 0 Å². The van der Waals surface area contributed by atoms with Crippen LogP contribution >= 0.6 is 0 Å². The molecule has 1 aliphatic rings. The van der Waals surface area contributed by atoms with Gasteiger partial charge in [0, 0.05) is 35.6 Å². The average molecular weight is 288 g/mol. The molecule has 0 aliphatic carbocycles. The van der Waals surface area contributed by atoms with E-state index in [1.807, 2.05) is 43.4 Å². The molecule has 1 amide bonds. The Kier molecular flexibility index (Phi) is 2.86. The van der Waals surface area contributed by atoms with E-state index in [2.05, 4.69) is 29.6 Å². The minimum atomic E-state index is 0.0702.